The van der Waals surface area contributed by atoms with Crippen molar-refractivity contribution in [2.75, 3.05) is 24.3 Å². The molecule has 0 aliphatic heterocycles. The molecule has 1 fully saturated rings. The third-order valence-corrected chi connectivity index (χ3v) is 4.87. The average Bonchev–Trinajstić information content (AvgIpc) is 2.70. The first-order valence-corrected chi connectivity index (χ1v) is 9.38. The lowest BCUT2D eigenvalue weighted by molar-refractivity contribution is -0.120. The van der Waals surface area contributed by atoms with Crippen LogP contribution in [0.5, 0.6) is 5.75 Å². The molecule has 3 rings (SSSR count). The zero-order valence-corrected chi connectivity index (χ0v) is 15.3. The molecule has 1 aromatic heterocycles. The lowest BCUT2D eigenvalue weighted by atomic mass is 9.89. The van der Waals surface area contributed by atoms with Crippen molar-refractivity contribution in [3.05, 3.63) is 48.2 Å². The Balaban J connectivity index is 1.45. The van der Waals surface area contributed by atoms with Crippen LogP contribution in [0.3, 0.4) is 0 Å². The Morgan fingerprint density at radius 3 is 2.77 bits per heavy atom. The highest BCUT2D eigenvalue weighted by atomic mass is 16.5. The highest BCUT2D eigenvalue weighted by molar-refractivity contribution is 5.91. The topological polar surface area (TPSA) is 63.2 Å². The van der Waals surface area contributed by atoms with E-state index in [-0.39, 0.29) is 11.8 Å². The molecule has 1 saturated carbocycles. The number of benzene rings is 1. The van der Waals surface area contributed by atoms with Crippen molar-refractivity contribution in [2.45, 2.75) is 38.5 Å². The van der Waals surface area contributed by atoms with Gasteiger partial charge in [-0.05, 0) is 49.1 Å². The lowest BCUT2D eigenvalue weighted by Gasteiger charge is -2.20. The number of aromatic nitrogens is 1. The van der Waals surface area contributed by atoms with Gasteiger partial charge in [-0.3, -0.25) is 4.79 Å². The molecule has 1 aromatic carbocycles. The van der Waals surface area contributed by atoms with Crippen LogP contribution in [0, 0.1) is 5.92 Å². The van der Waals surface area contributed by atoms with Gasteiger partial charge in [0, 0.05) is 12.5 Å². The normalized spacial score (nSPS) is 14.7. The molecule has 0 bridgehead atoms. The van der Waals surface area contributed by atoms with Crippen LogP contribution in [0.2, 0.25) is 0 Å². The molecule has 5 nitrogen and oxygen atoms in total. The van der Waals surface area contributed by atoms with E-state index in [2.05, 4.69) is 21.7 Å². The van der Waals surface area contributed by atoms with Crippen LogP contribution < -0.4 is 15.4 Å². The molecule has 0 atom stereocenters. The quantitative estimate of drug-likeness (QED) is 0.780. The van der Waals surface area contributed by atoms with Crippen molar-refractivity contribution in [3.63, 3.8) is 0 Å². The van der Waals surface area contributed by atoms with Crippen LogP contribution in [0.25, 0.3) is 0 Å². The number of ether oxygens (including phenoxy) is 1. The number of anilines is 2. The number of hydrogen-bond donors (Lipinski definition) is 2. The van der Waals surface area contributed by atoms with E-state index in [1.807, 2.05) is 30.3 Å². The fourth-order valence-electron chi connectivity index (χ4n) is 3.34. The maximum atomic E-state index is 12.3. The number of rotatable bonds is 7. The molecule has 1 amide bonds. The van der Waals surface area contributed by atoms with Crippen LogP contribution in [-0.2, 0) is 11.2 Å². The Hall–Kier alpha value is -2.56. The maximum absolute atomic E-state index is 12.3. The van der Waals surface area contributed by atoms with Gasteiger partial charge in [-0.25, -0.2) is 4.98 Å². The fourth-order valence-corrected chi connectivity index (χ4v) is 3.34. The summed E-state index contributed by atoms with van der Waals surface area (Å²) in [5.74, 6) is 1.75. The number of nitrogens with one attached hydrogen (secondary N) is 2. The zero-order valence-electron chi connectivity index (χ0n) is 15.3. The number of hydrogen-bond acceptors (Lipinski definition) is 4. The molecule has 0 unspecified atom stereocenters. The van der Waals surface area contributed by atoms with E-state index in [1.165, 1.54) is 12.0 Å². The molecule has 0 saturated heterocycles. The minimum Gasteiger partial charge on any atom is -0.497 e. The molecule has 2 N–H and O–H groups in total. The highest BCUT2D eigenvalue weighted by Gasteiger charge is 2.21. The smallest absolute Gasteiger partial charge is 0.228 e. The van der Waals surface area contributed by atoms with Crippen molar-refractivity contribution in [1.82, 2.24) is 4.98 Å². The number of amides is 1. The minimum atomic E-state index is 0.107. The van der Waals surface area contributed by atoms with Gasteiger partial charge in [0.15, 0.2) is 0 Å². The van der Waals surface area contributed by atoms with E-state index in [1.54, 1.807) is 13.3 Å². The molecule has 26 heavy (non-hydrogen) atoms. The van der Waals surface area contributed by atoms with Crippen molar-refractivity contribution < 1.29 is 9.53 Å². The second-order valence-corrected chi connectivity index (χ2v) is 6.78. The molecule has 0 spiro atoms. The summed E-state index contributed by atoms with van der Waals surface area (Å²) in [7, 11) is 1.68. The van der Waals surface area contributed by atoms with E-state index < -0.39 is 0 Å². The third kappa shape index (κ3) is 5.22. The Morgan fingerprint density at radius 2 is 2.04 bits per heavy atom. The van der Waals surface area contributed by atoms with Gasteiger partial charge in [0.25, 0.3) is 0 Å². The predicted octanol–water partition coefficient (Wildman–Crippen LogP) is 4.26. The fraction of sp³-hybridized carbons (Fsp3) is 0.429. The van der Waals surface area contributed by atoms with Crippen LogP contribution in [0.1, 0.15) is 37.7 Å². The summed E-state index contributed by atoms with van der Waals surface area (Å²) in [6.45, 7) is 0.808. The summed E-state index contributed by atoms with van der Waals surface area (Å²) in [6, 6.07) is 11.9. The number of nitrogens with zero attached hydrogens (tertiary/aromatic N) is 1. The Morgan fingerprint density at radius 1 is 1.19 bits per heavy atom. The van der Waals surface area contributed by atoms with Crippen molar-refractivity contribution >= 4 is 17.4 Å². The summed E-state index contributed by atoms with van der Waals surface area (Å²) >= 11 is 0. The Kier molecular flexibility index (Phi) is 6.47. The number of carbonyl (C=O) groups excluding carboxylic acids is 1. The van der Waals surface area contributed by atoms with Crippen LogP contribution >= 0.6 is 0 Å². The summed E-state index contributed by atoms with van der Waals surface area (Å²) < 4.78 is 5.24. The average molecular weight is 353 g/mol. The Labute approximate surface area is 155 Å². The van der Waals surface area contributed by atoms with Crippen LogP contribution in [0.15, 0.2) is 42.6 Å². The monoisotopic (exact) mass is 353 g/mol. The molecular weight excluding hydrogens is 326 g/mol. The molecule has 1 heterocycles. The van der Waals surface area contributed by atoms with Crippen LogP contribution in [-0.4, -0.2) is 24.5 Å². The molecule has 1 aliphatic rings. The van der Waals surface area contributed by atoms with Crippen molar-refractivity contribution in [3.8, 4) is 5.75 Å². The van der Waals surface area contributed by atoms with Crippen molar-refractivity contribution in [2.24, 2.45) is 5.92 Å². The van der Waals surface area contributed by atoms with E-state index in [9.17, 15) is 4.79 Å². The summed E-state index contributed by atoms with van der Waals surface area (Å²) in [5, 5.41) is 6.30. The van der Waals surface area contributed by atoms with E-state index in [0.29, 0.717) is 5.82 Å². The summed E-state index contributed by atoms with van der Waals surface area (Å²) in [4.78, 5) is 16.6. The van der Waals surface area contributed by atoms with Crippen LogP contribution in [0.4, 0.5) is 11.5 Å². The first-order chi connectivity index (χ1) is 12.7. The largest absolute Gasteiger partial charge is 0.497 e. The maximum Gasteiger partial charge on any atom is 0.228 e. The minimum absolute atomic E-state index is 0.107. The van der Waals surface area contributed by atoms with Gasteiger partial charge in [-0.2, -0.15) is 0 Å². The molecule has 2 aromatic rings. The second kappa shape index (κ2) is 9.22. The third-order valence-electron chi connectivity index (χ3n) is 4.87. The van der Waals surface area contributed by atoms with Crippen molar-refractivity contribution in [1.29, 1.82) is 0 Å². The SMILES string of the molecule is COc1cccc(CCNc2ccc(NC(=O)C3CCCCC3)nc2)c1. The van der Waals surface area contributed by atoms with Gasteiger partial charge < -0.3 is 15.4 Å². The zero-order chi connectivity index (χ0) is 18.2. The summed E-state index contributed by atoms with van der Waals surface area (Å²) in [6.07, 6.45) is 8.21. The number of carbonyl (C=O) groups is 1. The number of pyridine rings is 1. The second-order valence-electron chi connectivity index (χ2n) is 6.78. The first-order valence-electron chi connectivity index (χ1n) is 9.38. The highest BCUT2D eigenvalue weighted by Crippen LogP contribution is 2.24. The standard InChI is InChI=1S/C21H27N3O2/c1-26-19-9-5-6-16(14-19)12-13-22-18-10-11-20(23-15-18)24-21(25)17-7-3-2-4-8-17/h5-6,9-11,14-15,17,22H,2-4,7-8,12-13H2,1H3,(H,23,24,25). The predicted molar refractivity (Wildman–Crippen MR) is 105 cm³/mol. The van der Waals surface area contributed by atoms with Gasteiger partial charge in [0.2, 0.25) is 5.91 Å². The molecule has 138 valence electrons. The molecular formula is C21H27N3O2. The molecule has 1 aliphatic carbocycles. The van der Waals surface area contributed by atoms with Gasteiger partial charge in [-0.1, -0.05) is 31.4 Å². The molecule has 0 radical (unpaired) electrons. The lowest BCUT2D eigenvalue weighted by Crippen LogP contribution is -2.25. The van der Waals surface area contributed by atoms with Gasteiger partial charge in [0.05, 0.1) is 19.0 Å². The van der Waals surface area contributed by atoms with Gasteiger partial charge in [0.1, 0.15) is 11.6 Å². The first kappa shape index (κ1) is 18.2. The molecule has 5 heteroatoms. The van der Waals surface area contributed by atoms with E-state index in [0.717, 1.165) is 50.1 Å². The summed E-state index contributed by atoms with van der Waals surface area (Å²) in [5.41, 5.74) is 2.17. The van der Waals surface area contributed by atoms with E-state index in [4.69, 9.17) is 4.74 Å². The number of methoxy groups -OCH3 is 1. The van der Waals surface area contributed by atoms with Gasteiger partial charge in [-0.15, -0.1) is 0 Å². The van der Waals surface area contributed by atoms with E-state index >= 15 is 0 Å². The Bertz CT molecular complexity index is 709. The van der Waals surface area contributed by atoms with Gasteiger partial charge >= 0.3 is 0 Å².